The molecular formula is C15H15N3O. The third kappa shape index (κ3) is 2.35. The minimum atomic E-state index is 0.581. The Morgan fingerprint density at radius 2 is 2.11 bits per heavy atom. The number of aryl methyl sites for hydroxylation is 1. The van der Waals surface area contributed by atoms with E-state index >= 15 is 0 Å². The normalized spacial score (nSPS) is 11.1. The van der Waals surface area contributed by atoms with Crippen molar-refractivity contribution in [2.45, 2.75) is 13.3 Å². The van der Waals surface area contributed by atoms with Crippen LogP contribution in [0.4, 0.5) is 0 Å². The Kier molecular flexibility index (Phi) is 3.01. The Balaban J connectivity index is 2.05. The molecule has 0 radical (unpaired) electrons. The van der Waals surface area contributed by atoms with Gasteiger partial charge in [-0.1, -0.05) is 0 Å². The first kappa shape index (κ1) is 11.9. The van der Waals surface area contributed by atoms with Gasteiger partial charge in [-0.25, -0.2) is 4.98 Å². The molecule has 0 fully saturated rings. The summed E-state index contributed by atoms with van der Waals surface area (Å²) in [5.74, 6) is 0.912. The first-order valence-corrected chi connectivity index (χ1v) is 6.28. The molecule has 0 saturated carbocycles. The maximum absolute atomic E-state index is 5.57. The third-order valence-electron chi connectivity index (χ3n) is 3.02. The average Bonchev–Trinajstić information content (AvgIpc) is 2.78. The average molecular weight is 253 g/mol. The fraction of sp³-hybridized carbons (Fsp3) is 0.200. The lowest BCUT2D eigenvalue weighted by Gasteiger charge is -2.03. The van der Waals surface area contributed by atoms with Gasteiger partial charge < -0.3 is 10.2 Å². The van der Waals surface area contributed by atoms with Crippen molar-refractivity contribution in [1.82, 2.24) is 9.97 Å². The van der Waals surface area contributed by atoms with Gasteiger partial charge in [0, 0.05) is 23.6 Å². The molecule has 4 nitrogen and oxygen atoms in total. The summed E-state index contributed by atoms with van der Waals surface area (Å²) >= 11 is 0. The van der Waals surface area contributed by atoms with Gasteiger partial charge in [-0.15, -0.1) is 0 Å². The summed E-state index contributed by atoms with van der Waals surface area (Å²) in [6, 6.07) is 8.06. The van der Waals surface area contributed by atoms with E-state index in [2.05, 4.69) is 16.0 Å². The van der Waals surface area contributed by atoms with Crippen LogP contribution in [0, 0.1) is 6.92 Å². The molecule has 0 spiro atoms. The Morgan fingerprint density at radius 1 is 1.21 bits per heavy atom. The summed E-state index contributed by atoms with van der Waals surface area (Å²) in [7, 11) is 0. The van der Waals surface area contributed by atoms with Crippen LogP contribution in [-0.4, -0.2) is 16.5 Å². The van der Waals surface area contributed by atoms with Crippen LogP contribution in [0.1, 0.15) is 11.5 Å². The van der Waals surface area contributed by atoms with Crippen molar-refractivity contribution in [1.29, 1.82) is 0 Å². The minimum absolute atomic E-state index is 0.581. The molecule has 3 rings (SSSR count). The van der Waals surface area contributed by atoms with Crippen LogP contribution in [0.2, 0.25) is 0 Å². The Labute approximate surface area is 111 Å². The van der Waals surface area contributed by atoms with E-state index in [1.807, 2.05) is 25.1 Å². The minimum Gasteiger partial charge on any atom is -0.461 e. The second-order valence-corrected chi connectivity index (χ2v) is 4.54. The molecule has 2 heterocycles. The number of nitrogens with zero attached hydrogens (tertiary/aromatic N) is 2. The highest BCUT2D eigenvalue weighted by Crippen LogP contribution is 2.25. The molecule has 0 amide bonds. The predicted molar refractivity (Wildman–Crippen MR) is 74.7 cm³/mol. The van der Waals surface area contributed by atoms with Gasteiger partial charge in [-0.2, -0.15) is 0 Å². The largest absolute Gasteiger partial charge is 0.461 e. The highest BCUT2D eigenvalue weighted by atomic mass is 16.3. The molecule has 2 aromatic heterocycles. The second kappa shape index (κ2) is 4.82. The molecule has 3 aromatic rings. The van der Waals surface area contributed by atoms with Gasteiger partial charge >= 0.3 is 0 Å². The summed E-state index contributed by atoms with van der Waals surface area (Å²) in [5.41, 5.74) is 9.27. The van der Waals surface area contributed by atoms with Gasteiger partial charge in [0.25, 0.3) is 0 Å². The van der Waals surface area contributed by atoms with Crippen LogP contribution >= 0.6 is 0 Å². The van der Waals surface area contributed by atoms with Crippen molar-refractivity contribution < 1.29 is 4.42 Å². The molecule has 19 heavy (non-hydrogen) atoms. The van der Waals surface area contributed by atoms with Crippen LogP contribution in [0.5, 0.6) is 0 Å². The summed E-state index contributed by atoms with van der Waals surface area (Å²) in [4.78, 5) is 8.80. The van der Waals surface area contributed by atoms with Gasteiger partial charge in [0.05, 0.1) is 17.6 Å². The lowest BCUT2D eigenvalue weighted by Crippen LogP contribution is -2.05. The van der Waals surface area contributed by atoms with E-state index in [1.165, 1.54) is 0 Å². The maximum atomic E-state index is 5.57. The Bertz CT molecular complexity index is 718. The smallest absolute Gasteiger partial charge is 0.134 e. The van der Waals surface area contributed by atoms with Crippen LogP contribution < -0.4 is 5.73 Å². The topological polar surface area (TPSA) is 64.9 Å². The second-order valence-electron chi connectivity index (χ2n) is 4.54. The highest BCUT2D eigenvalue weighted by Gasteiger charge is 2.05. The molecule has 4 heteroatoms. The number of rotatable bonds is 3. The molecule has 0 bridgehead atoms. The number of hydrogen-bond acceptors (Lipinski definition) is 4. The Morgan fingerprint density at radius 3 is 2.95 bits per heavy atom. The summed E-state index contributed by atoms with van der Waals surface area (Å²) in [6.07, 6.45) is 4.28. The molecule has 2 N–H and O–H groups in total. The summed E-state index contributed by atoms with van der Waals surface area (Å²) in [6.45, 7) is 2.53. The molecule has 0 unspecified atom stereocenters. The number of fused-ring (bicyclic) bond motifs is 1. The zero-order valence-corrected chi connectivity index (χ0v) is 10.8. The van der Waals surface area contributed by atoms with Gasteiger partial charge in [-0.3, -0.25) is 4.98 Å². The van der Waals surface area contributed by atoms with Gasteiger partial charge in [0.1, 0.15) is 11.3 Å². The molecule has 0 aliphatic heterocycles. The number of benzene rings is 1. The monoisotopic (exact) mass is 253 g/mol. The van der Waals surface area contributed by atoms with Crippen LogP contribution in [-0.2, 0) is 6.42 Å². The lowest BCUT2D eigenvalue weighted by molar-refractivity contribution is 0.578. The van der Waals surface area contributed by atoms with E-state index in [-0.39, 0.29) is 0 Å². The number of nitrogens with two attached hydrogens (primary N) is 1. The first-order valence-electron chi connectivity index (χ1n) is 6.28. The van der Waals surface area contributed by atoms with Crippen LogP contribution in [0.3, 0.4) is 0 Å². The highest BCUT2D eigenvalue weighted by molar-refractivity contribution is 5.83. The zero-order valence-electron chi connectivity index (χ0n) is 10.8. The molecule has 0 atom stereocenters. The van der Waals surface area contributed by atoms with Crippen molar-refractivity contribution in [3.8, 4) is 11.3 Å². The molecule has 0 aliphatic carbocycles. The fourth-order valence-corrected chi connectivity index (χ4v) is 2.15. The molecular weight excluding hydrogens is 238 g/mol. The third-order valence-corrected chi connectivity index (χ3v) is 3.02. The first-order chi connectivity index (χ1) is 9.26. The van der Waals surface area contributed by atoms with E-state index in [0.717, 1.165) is 40.1 Å². The van der Waals surface area contributed by atoms with E-state index in [4.69, 9.17) is 10.2 Å². The molecule has 96 valence electrons. The molecule has 0 saturated heterocycles. The quantitative estimate of drug-likeness (QED) is 0.779. The van der Waals surface area contributed by atoms with Crippen LogP contribution in [0.15, 0.2) is 41.1 Å². The standard InChI is InChI=1S/C15H15N3O/c1-10-6-12-7-11(2-3-15(12)19-10)14-9-17-8-13(18-14)4-5-16/h2-3,6-9H,4-5,16H2,1H3. The maximum Gasteiger partial charge on any atom is 0.134 e. The molecule has 0 aliphatic rings. The lowest BCUT2D eigenvalue weighted by atomic mass is 10.1. The van der Waals surface area contributed by atoms with Gasteiger partial charge in [-0.05, 0) is 37.7 Å². The fourth-order valence-electron chi connectivity index (χ4n) is 2.15. The van der Waals surface area contributed by atoms with Crippen LogP contribution in [0.25, 0.3) is 22.2 Å². The van der Waals surface area contributed by atoms with E-state index in [1.54, 1.807) is 12.4 Å². The SMILES string of the molecule is Cc1cc2cc(-c3cncc(CCN)n3)ccc2o1. The number of furan rings is 1. The van der Waals surface area contributed by atoms with E-state index in [9.17, 15) is 0 Å². The van der Waals surface area contributed by atoms with Gasteiger partial charge in [0.15, 0.2) is 0 Å². The van der Waals surface area contributed by atoms with E-state index < -0.39 is 0 Å². The van der Waals surface area contributed by atoms with Crippen molar-refractivity contribution in [2.24, 2.45) is 5.73 Å². The molecule has 1 aromatic carbocycles. The van der Waals surface area contributed by atoms with E-state index in [0.29, 0.717) is 6.54 Å². The zero-order chi connectivity index (χ0) is 13.2. The summed E-state index contributed by atoms with van der Waals surface area (Å²) < 4.78 is 5.57. The summed E-state index contributed by atoms with van der Waals surface area (Å²) in [5, 5.41) is 1.08. The number of hydrogen-bond donors (Lipinski definition) is 1. The predicted octanol–water partition coefficient (Wildman–Crippen LogP) is 2.70. The van der Waals surface area contributed by atoms with Crippen molar-refractivity contribution in [2.75, 3.05) is 6.54 Å². The van der Waals surface area contributed by atoms with Crippen molar-refractivity contribution in [3.05, 3.63) is 48.1 Å². The van der Waals surface area contributed by atoms with Crippen molar-refractivity contribution in [3.63, 3.8) is 0 Å². The van der Waals surface area contributed by atoms with Gasteiger partial charge in [0.2, 0.25) is 0 Å². The number of aromatic nitrogens is 2. The van der Waals surface area contributed by atoms with Crippen molar-refractivity contribution >= 4 is 11.0 Å². The Hall–Kier alpha value is -2.20.